The number of hydrazine groups is 1. The van der Waals surface area contributed by atoms with Gasteiger partial charge in [0.1, 0.15) is 5.82 Å². The molecule has 2 atom stereocenters. The van der Waals surface area contributed by atoms with Gasteiger partial charge >= 0.3 is 0 Å². The lowest BCUT2D eigenvalue weighted by atomic mass is 10.1. The van der Waals surface area contributed by atoms with Crippen LogP contribution >= 0.6 is 11.6 Å². The normalized spacial score (nSPS) is 27.3. The quantitative estimate of drug-likeness (QED) is 0.653. The molecule has 2 fully saturated rings. The minimum absolute atomic E-state index is 0.392. The van der Waals surface area contributed by atoms with E-state index in [0.717, 1.165) is 25.4 Å². The third kappa shape index (κ3) is 2.69. The van der Waals surface area contributed by atoms with Gasteiger partial charge in [-0.1, -0.05) is 11.6 Å². The van der Waals surface area contributed by atoms with E-state index in [4.69, 9.17) is 22.2 Å². The van der Waals surface area contributed by atoms with Gasteiger partial charge in [-0.15, -0.1) is 0 Å². The lowest BCUT2D eigenvalue weighted by molar-refractivity contribution is -0.0591. The number of hydrogen-bond donors (Lipinski definition) is 2. The zero-order valence-electron chi connectivity index (χ0n) is 10.8. The van der Waals surface area contributed by atoms with Crippen LogP contribution in [-0.2, 0) is 11.3 Å². The van der Waals surface area contributed by atoms with Gasteiger partial charge in [0, 0.05) is 19.1 Å². The molecule has 6 heteroatoms. The highest BCUT2D eigenvalue weighted by atomic mass is 35.5. The molecule has 0 bridgehead atoms. The van der Waals surface area contributed by atoms with Crippen LogP contribution in [0.15, 0.2) is 12.1 Å². The number of nitrogens with two attached hydrogens (primary N) is 1. The van der Waals surface area contributed by atoms with E-state index in [1.807, 2.05) is 6.07 Å². The molecule has 1 aromatic rings. The number of rotatable bonds is 3. The number of nitrogen functional groups attached to an aromatic ring is 1. The maximum atomic E-state index is 6.23. The first-order valence-corrected chi connectivity index (χ1v) is 7.13. The third-order valence-electron chi connectivity index (χ3n) is 4.02. The van der Waals surface area contributed by atoms with E-state index >= 15 is 0 Å². The summed E-state index contributed by atoms with van der Waals surface area (Å²) < 4.78 is 5.82. The van der Waals surface area contributed by atoms with Crippen LogP contribution in [0.1, 0.15) is 25.0 Å². The maximum Gasteiger partial charge on any atom is 0.140 e. The molecule has 5 nitrogen and oxygen atoms in total. The number of hydrogen-bond acceptors (Lipinski definition) is 5. The Labute approximate surface area is 118 Å². The summed E-state index contributed by atoms with van der Waals surface area (Å²) in [6.07, 6.45) is 4.02. The van der Waals surface area contributed by atoms with Crippen LogP contribution in [0.25, 0.3) is 0 Å². The highest BCUT2D eigenvalue weighted by Crippen LogP contribution is 2.31. The Morgan fingerprint density at radius 1 is 1.47 bits per heavy atom. The Morgan fingerprint density at radius 3 is 3.21 bits per heavy atom. The van der Waals surface area contributed by atoms with Gasteiger partial charge in [-0.05, 0) is 31.4 Å². The van der Waals surface area contributed by atoms with E-state index in [1.54, 1.807) is 6.07 Å². The summed E-state index contributed by atoms with van der Waals surface area (Å²) >= 11 is 6.23. The molecule has 0 spiro atoms. The van der Waals surface area contributed by atoms with Crippen LogP contribution in [0.4, 0.5) is 5.82 Å². The number of nitrogens with zero attached hydrogens (tertiary/aromatic N) is 2. The lowest BCUT2D eigenvalue weighted by Gasteiger charge is -2.37. The Kier molecular flexibility index (Phi) is 3.88. The predicted octanol–water partition coefficient (Wildman–Crippen LogP) is 1.77. The number of nitrogens with one attached hydrogen (secondary N) is 1. The molecular formula is C13H19ClN4O. The first-order valence-electron chi connectivity index (χ1n) is 6.75. The van der Waals surface area contributed by atoms with Crippen molar-refractivity contribution in [1.29, 1.82) is 0 Å². The van der Waals surface area contributed by atoms with E-state index in [-0.39, 0.29) is 0 Å². The zero-order chi connectivity index (χ0) is 13.2. The molecule has 2 aliphatic rings. The third-order valence-corrected chi connectivity index (χ3v) is 4.36. The number of pyridine rings is 1. The number of aromatic nitrogens is 1. The van der Waals surface area contributed by atoms with E-state index < -0.39 is 0 Å². The zero-order valence-corrected chi connectivity index (χ0v) is 11.6. The van der Waals surface area contributed by atoms with Crippen molar-refractivity contribution in [1.82, 2.24) is 9.88 Å². The molecular weight excluding hydrogens is 264 g/mol. The highest BCUT2D eigenvalue weighted by molar-refractivity contribution is 6.31. The van der Waals surface area contributed by atoms with Crippen molar-refractivity contribution < 1.29 is 4.74 Å². The molecule has 3 N–H and O–H groups in total. The smallest absolute Gasteiger partial charge is 0.140 e. The molecule has 1 saturated carbocycles. The van der Waals surface area contributed by atoms with Crippen molar-refractivity contribution in [3.05, 3.63) is 22.8 Å². The molecule has 104 valence electrons. The van der Waals surface area contributed by atoms with Gasteiger partial charge in [-0.3, -0.25) is 4.90 Å². The first-order chi connectivity index (χ1) is 9.28. The molecule has 1 aromatic heterocycles. The Bertz CT molecular complexity index is 456. The minimum atomic E-state index is 0.392. The first kappa shape index (κ1) is 13.1. The summed E-state index contributed by atoms with van der Waals surface area (Å²) in [6, 6.07) is 4.14. The van der Waals surface area contributed by atoms with E-state index in [2.05, 4.69) is 15.3 Å². The molecule has 0 aromatic carbocycles. The fourth-order valence-corrected chi connectivity index (χ4v) is 3.24. The number of ether oxygens (including phenoxy) is 1. The average molecular weight is 283 g/mol. The van der Waals surface area contributed by atoms with Crippen molar-refractivity contribution in [3.8, 4) is 0 Å². The topological polar surface area (TPSA) is 63.4 Å². The van der Waals surface area contributed by atoms with Crippen molar-refractivity contribution in [2.75, 3.05) is 18.6 Å². The number of morpholine rings is 1. The van der Waals surface area contributed by atoms with Crippen molar-refractivity contribution in [3.63, 3.8) is 0 Å². The van der Waals surface area contributed by atoms with Crippen LogP contribution in [0.5, 0.6) is 0 Å². The van der Waals surface area contributed by atoms with Crippen LogP contribution in [-0.4, -0.2) is 35.2 Å². The predicted molar refractivity (Wildman–Crippen MR) is 74.8 cm³/mol. The molecule has 3 rings (SSSR count). The molecule has 2 heterocycles. The average Bonchev–Trinajstić information content (AvgIpc) is 2.90. The molecule has 19 heavy (non-hydrogen) atoms. The van der Waals surface area contributed by atoms with Gasteiger partial charge < -0.3 is 10.2 Å². The summed E-state index contributed by atoms with van der Waals surface area (Å²) in [6.45, 7) is 2.51. The summed E-state index contributed by atoms with van der Waals surface area (Å²) in [5.41, 5.74) is 3.44. The van der Waals surface area contributed by atoms with Gasteiger partial charge in [0.2, 0.25) is 0 Å². The Balaban J connectivity index is 1.76. The van der Waals surface area contributed by atoms with E-state index in [0.29, 0.717) is 23.0 Å². The molecule has 0 amide bonds. The summed E-state index contributed by atoms with van der Waals surface area (Å²) in [5.74, 6) is 6.05. The van der Waals surface area contributed by atoms with E-state index in [9.17, 15) is 0 Å². The van der Waals surface area contributed by atoms with Gasteiger partial charge in [-0.2, -0.15) is 0 Å². The van der Waals surface area contributed by atoms with Gasteiger partial charge in [0.25, 0.3) is 0 Å². The van der Waals surface area contributed by atoms with Crippen LogP contribution in [0, 0.1) is 0 Å². The fraction of sp³-hybridized carbons (Fsp3) is 0.615. The highest BCUT2D eigenvalue weighted by Gasteiger charge is 2.36. The number of fused-ring (bicyclic) bond motifs is 1. The molecule has 1 saturated heterocycles. The summed E-state index contributed by atoms with van der Waals surface area (Å²) in [7, 11) is 0. The minimum Gasteiger partial charge on any atom is -0.375 e. The second-order valence-corrected chi connectivity index (χ2v) is 5.55. The monoisotopic (exact) mass is 282 g/mol. The SMILES string of the molecule is NNc1ccc(Cl)c(CN2CCOC3CCCC32)n1. The molecule has 1 aliphatic heterocycles. The summed E-state index contributed by atoms with van der Waals surface area (Å²) in [4.78, 5) is 6.89. The Morgan fingerprint density at radius 2 is 2.37 bits per heavy atom. The van der Waals surface area contributed by atoms with E-state index in [1.165, 1.54) is 19.3 Å². The second kappa shape index (κ2) is 5.63. The largest absolute Gasteiger partial charge is 0.375 e. The van der Waals surface area contributed by atoms with Gasteiger partial charge in [0.05, 0.1) is 23.4 Å². The fourth-order valence-electron chi connectivity index (χ4n) is 3.07. The van der Waals surface area contributed by atoms with Gasteiger partial charge in [-0.25, -0.2) is 10.8 Å². The van der Waals surface area contributed by atoms with Gasteiger partial charge in [0.15, 0.2) is 0 Å². The van der Waals surface area contributed by atoms with Crippen LogP contribution in [0.2, 0.25) is 5.02 Å². The van der Waals surface area contributed by atoms with Crippen LogP contribution in [0.3, 0.4) is 0 Å². The molecule has 2 unspecified atom stereocenters. The number of anilines is 1. The standard InChI is InChI=1S/C13H19ClN4O/c14-9-4-5-13(17-15)16-10(9)8-18-6-7-19-12-3-1-2-11(12)18/h4-5,11-12H,1-3,6-8,15H2,(H,16,17). The molecule has 1 aliphatic carbocycles. The lowest BCUT2D eigenvalue weighted by Crippen LogP contribution is -2.48. The Hall–Kier alpha value is -0.880. The maximum absolute atomic E-state index is 6.23. The van der Waals surface area contributed by atoms with Crippen molar-refractivity contribution in [2.45, 2.75) is 38.0 Å². The van der Waals surface area contributed by atoms with Crippen molar-refractivity contribution >= 4 is 17.4 Å². The summed E-state index contributed by atoms with van der Waals surface area (Å²) in [5, 5.41) is 0.694. The van der Waals surface area contributed by atoms with Crippen molar-refractivity contribution in [2.24, 2.45) is 5.84 Å². The second-order valence-electron chi connectivity index (χ2n) is 5.15. The van der Waals surface area contributed by atoms with Crippen LogP contribution < -0.4 is 11.3 Å². The number of halogens is 1. The molecule has 0 radical (unpaired) electrons.